The van der Waals surface area contributed by atoms with Gasteiger partial charge in [0.05, 0.1) is 10.6 Å². The number of sulfonamides is 1. The molecule has 0 heterocycles. The van der Waals surface area contributed by atoms with Gasteiger partial charge >= 0.3 is 6.18 Å². The fourth-order valence-electron chi connectivity index (χ4n) is 0.949. The molecule has 0 fully saturated rings. The van der Waals surface area contributed by atoms with Gasteiger partial charge < -0.3 is 5.73 Å². The highest BCUT2D eigenvalue weighted by atomic mass is 32.2. The molecule has 3 N–H and O–H groups in total. The number of nitrogen functional groups attached to an aromatic ring is 1. The summed E-state index contributed by atoms with van der Waals surface area (Å²) >= 11 is 0. The zero-order chi connectivity index (χ0) is 13.3. The first-order valence-electron chi connectivity index (χ1n) is 4.23. The Morgan fingerprint density at radius 1 is 1.29 bits per heavy atom. The minimum Gasteiger partial charge on any atom is -0.396 e. The van der Waals surface area contributed by atoms with E-state index in [0.29, 0.717) is 0 Å². The van der Waals surface area contributed by atoms with Gasteiger partial charge in [-0.25, -0.2) is 17.5 Å². The van der Waals surface area contributed by atoms with Crippen molar-refractivity contribution in [2.24, 2.45) is 0 Å². The van der Waals surface area contributed by atoms with Gasteiger partial charge in [-0.2, -0.15) is 13.2 Å². The maximum atomic E-state index is 12.7. The molecule has 0 aliphatic carbocycles. The molecule has 0 amide bonds. The lowest BCUT2D eigenvalue weighted by Gasteiger charge is -2.09. The Morgan fingerprint density at radius 2 is 1.88 bits per heavy atom. The van der Waals surface area contributed by atoms with E-state index in [9.17, 15) is 26.0 Å². The van der Waals surface area contributed by atoms with Crippen molar-refractivity contribution in [2.45, 2.75) is 11.1 Å². The summed E-state index contributed by atoms with van der Waals surface area (Å²) in [4.78, 5) is -0.527. The molecule has 9 heteroatoms. The molecule has 0 radical (unpaired) electrons. The van der Waals surface area contributed by atoms with Crippen LogP contribution in [0.2, 0.25) is 0 Å². The van der Waals surface area contributed by atoms with Crippen molar-refractivity contribution in [1.29, 1.82) is 0 Å². The fraction of sp³-hybridized carbons (Fsp3) is 0.250. The van der Waals surface area contributed by atoms with Crippen LogP contribution in [0, 0.1) is 5.82 Å². The van der Waals surface area contributed by atoms with E-state index in [4.69, 9.17) is 5.73 Å². The second-order valence-corrected chi connectivity index (χ2v) is 4.89. The molecule has 0 saturated carbocycles. The smallest absolute Gasteiger partial charge is 0.396 e. The summed E-state index contributed by atoms with van der Waals surface area (Å²) in [5.74, 6) is -0.847. The molecule has 1 aromatic rings. The number of anilines is 1. The SMILES string of the molecule is Nc1cc(S(=O)(=O)NCC(F)(F)F)ccc1F. The maximum Gasteiger partial charge on any atom is 0.402 e. The first-order valence-corrected chi connectivity index (χ1v) is 5.71. The van der Waals surface area contributed by atoms with Crippen molar-refractivity contribution in [3.63, 3.8) is 0 Å². The average molecular weight is 272 g/mol. The number of rotatable bonds is 3. The second-order valence-electron chi connectivity index (χ2n) is 3.12. The monoisotopic (exact) mass is 272 g/mol. The van der Waals surface area contributed by atoms with Gasteiger partial charge in [0, 0.05) is 0 Å². The predicted molar refractivity (Wildman–Crippen MR) is 52.1 cm³/mol. The van der Waals surface area contributed by atoms with Crippen LogP contribution in [-0.4, -0.2) is 21.1 Å². The van der Waals surface area contributed by atoms with Crippen LogP contribution in [-0.2, 0) is 10.0 Å². The summed E-state index contributed by atoms with van der Waals surface area (Å²) in [7, 11) is -4.35. The van der Waals surface area contributed by atoms with Crippen molar-refractivity contribution in [2.75, 3.05) is 12.3 Å². The van der Waals surface area contributed by atoms with Gasteiger partial charge in [0.1, 0.15) is 12.4 Å². The van der Waals surface area contributed by atoms with Crippen LogP contribution in [0.1, 0.15) is 0 Å². The van der Waals surface area contributed by atoms with Crippen LogP contribution in [0.3, 0.4) is 0 Å². The number of hydrogen-bond donors (Lipinski definition) is 2. The molecule has 0 aliphatic heterocycles. The lowest BCUT2D eigenvalue weighted by Crippen LogP contribution is -2.33. The van der Waals surface area contributed by atoms with E-state index in [1.807, 2.05) is 0 Å². The summed E-state index contributed by atoms with van der Waals surface area (Å²) in [6.07, 6.45) is -4.67. The van der Waals surface area contributed by atoms with E-state index in [1.54, 1.807) is 0 Å². The van der Waals surface area contributed by atoms with Gasteiger partial charge in [-0.3, -0.25) is 0 Å². The van der Waals surface area contributed by atoms with Gasteiger partial charge in [-0.05, 0) is 18.2 Å². The zero-order valence-corrected chi connectivity index (χ0v) is 9.07. The molecule has 0 atom stereocenters. The highest BCUT2D eigenvalue weighted by Crippen LogP contribution is 2.18. The number of benzene rings is 1. The summed E-state index contributed by atoms with van der Waals surface area (Å²) in [5.41, 5.74) is 4.65. The molecular weight excluding hydrogens is 264 g/mol. The minimum atomic E-state index is -4.67. The van der Waals surface area contributed by atoms with Crippen molar-refractivity contribution >= 4 is 15.7 Å². The molecule has 1 rings (SSSR count). The molecule has 0 unspecified atom stereocenters. The first kappa shape index (κ1) is 13.7. The summed E-state index contributed by atoms with van der Waals surface area (Å²) in [6, 6.07) is 2.33. The largest absolute Gasteiger partial charge is 0.402 e. The molecule has 0 bridgehead atoms. The normalized spacial score (nSPS) is 12.7. The van der Waals surface area contributed by atoms with Gasteiger partial charge in [0.25, 0.3) is 0 Å². The molecule has 0 aromatic heterocycles. The van der Waals surface area contributed by atoms with E-state index in [-0.39, 0.29) is 0 Å². The topological polar surface area (TPSA) is 72.2 Å². The molecular formula is C8H8F4N2O2S. The van der Waals surface area contributed by atoms with E-state index in [1.165, 1.54) is 4.72 Å². The molecule has 0 saturated heterocycles. The first-order chi connectivity index (χ1) is 7.62. The van der Waals surface area contributed by atoms with Gasteiger partial charge in [-0.1, -0.05) is 0 Å². The number of nitrogens with two attached hydrogens (primary N) is 1. The van der Waals surface area contributed by atoms with E-state index < -0.39 is 39.1 Å². The molecule has 17 heavy (non-hydrogen) atoms. The lowest BCUT2D eigenvalue weighted by atomic mass is 10.3. The van der Waals surface area contributed by atoms with Crippen molar-refractivity contribution in [3.8, 4) is 0 Å². The number of alkyl halides is 3. The third-order valence-corrected chi connectivity index (χ3v) is 3.14. The van der Waals surface area contributed by atoms with E-state index >= 15 is 0 Å². The highest BCUT2D eigenvalue weighted by molar-refractivity contribution is 7.89. The third kappa shape index (κ3) is 3.86. The van der Waals surface area contributed by atoms with Crippen molar-refractivity contribution in [3.05, 3.63) is 24.0 Å². The predicted octanol–water partition coefficient (Wildman–Crippen LogP) is 1.25. The fourth-order valence-corrected chi connectivity index (χ4v) is 2.00. The van der Waals surface area contributed by atoms with E-state index in [0.717, 1.165) is 18.2 Å². The van der Waals surface area contributed by atoms with E-state index in [2.05, 4.69) is 0 Å². The van der Waals surface area contributed by atoms with Crippen LogP contribution < -0.4 is 10.5 Å². The molecule has 96 valence electrons. The third-order valence-electron chi connectivity index (χ3n) is 1.74. The van der Waals surface area contributed by atoms with Crippen molar-refractivity contribution < 1.29 is 26.0 Å². The average Bonchev–Trinajstić information content (AvgIpc) is 2.18. The van der Waals surface area contributed by atoms with Crippen LogP contribution in [0.25, 0.3) is 0 Å². The standard InChI is InChI=1S/C8H8F4N2O2S/c9-6-2-1-5(3-7(6)13)17(15,16)14-4-8(10,11)12/h1-3,14H,4,13H2. The summed E-state index contributed by atoms with van der Waals surface area (Å²) < 4.78 is 72.3. The Hall–Kier alpha value is -1.35. The van der Waals surface area contributed by atoms with Gasteiger partial charge in [0.15, 0.2) is 0 Å². The molecule has 0 spiro atoms. The van der Waals surface area contributed by atoms with Crippen LogP contribution >= 0.6 is 0 Å². The summed E-state index contributed by atoms with van der Waals surface area (Å²) in [6.45, 7) is -1.70. The molecule has 0 aliphatic rings. The van der Waals surface area contributed by atoms with Gasteiger partial charge in [-0.15, -0.1) is 0 Å². The Labute approximate surface area is 94.5 Å². The minimum absolute atomic E-state index is 0.458. The van der Waals surface area contributed by atoms with Gasteiger partial charge in [0.2, 0.25) is 10.0 Å². The van der Waals surface area contributed by atoms with Crippen LogP contribution in [0.15, 0.2) is 23.1 Å². The number of halogens is 4. The Bertz CT molecular complexity index is 513. The van der Waals surface area contributed by atoms with Crippen molar-refractivity contribution in [1.82, 2.24) is 4.72 Å². The number of nitrogens with one attached hydrogen (secondary N) is 1. The zero-order valence-electron chi connectivity index (χ0n) is 8.25. The summed E-state index contributed by atoms with van der Waals surface area (Å²) in [5, 5.41) is 0. The Kier molecular flexibility index (Phi) is 3.62. The highest BCUT2D eigenvalue weighted by Gasteiger charge is 2.30. The second kappa shape index (κ2) is 4.49. The van der Waals surface area contributed by atoms with Crippen LogP contribution in [0.4, 0.5) is 23.2 Å². The number of hydrogen-bond acceptors (Lipinski definition) is 3. The lowest BCUT2D eigenvalue weighted by molar-refractivity contribution is -0.121. The van der Waals surface area contributed by atoms with Crippen LogP contribution in [0.5, 0.6) is 0 Å². The molecule has 1 aromatic carbocycles. The quantitative estimate of drug-likeness (QED) is 0.642. The Morgan fingerprint density at radius 3 is 2.35 bits per heavy atom. The maximum absolute atomic E-state index is 12.7. The molecule has 4 nitrogen and oxygen atoms in total. The Balaban J connectivity index is 2.94.